The Balaban J connectivity index is 1.25. The molecular formula is C32H39F3N4O5. The van der Waals surface area contributed by atoms with Crippen molar-refractivity contribution in [2.45, 2.75) is 38.3 Å². The molecule has 2 aromatic carbocycles. The third-order valence-electron chi connectivity index (χ3n) is 8.93. The molecule has 3 aromatic rings. The Morgan fingerprint density at radius 2 is 1.80 bits per heavy atom. The number of likely N-dealkylation sites (tertiary alicyclic amines) is 1. The smallest absolute Gasteiger partial charge is 0.309 e. The van der Waals surface area contributed by atoms with Crippen LogP contribution >= 0.6 is 0 Å². The monoisotopic (exact) mass is 616 g/mol. The van der Waals surface area contributed by atoms with Gasteiger partial charge in [-0.2, -0.15) is 0 Å². The molecule has 0 unspecified atom stereocenters. The molecule has 0 spiro atoms. The van der Waals surface area contributed by atoms with Gasteiger partial charge in [-0.05, 0) is 68.1 Å². The highest BCUT2D eigenvalue weighted by atomic mass is 19.2. The van der Waals surface area contributed by atoms with Crippen LogP contribution in [0.5, 0.6) is 5.75 Å². The number of nitrogens with one attached hydrogen (secondary N) is 1. The van der Waals surface area contributed by atoms with Crippen molar-refractivity contribution in [2.24, 2.45) is 5.41 Å². The number of fused-ring (bicyclic) bond motifs is 1. The average molecular weight is 617 g/mol. The molecule has 12 heteroatoms. The number of aliphatic hydroxyl groups excluding tert-OH is 1. The van der Waals surface area contributed by atoms with E-state index in [2.05, 4.69) is 20.1 Å². The van der Waals surface area contributed by atoms with E-state index in [0.717, 1.165) is 47.3 Å². The van der Waals surface area contributed by atoms with Gasteiger partial charge in [0.05, 0.1) is 37.4 Å². The van der Waals surface area contributed by atoms with E-state index in [1.165, 1.54) is 0 Å². The van der Waals surface area contributed by atoms with Gasteiger partial charge in [-0.25, -0.2) is 13.2 Å². The summed E-state index contributed by atoms with van der Waals surface area (Å²) in [4.78, 5) is 21.6. The summed E-state index contributed by atoms with van der Waals surface area (Å²) >= 11 is 0. The number of aliphatic hydroxyl groups is 1. The molecule has 2 saturated heterocycles. The highest BCUT2D eigenvalue weighted by Crippen LogP contribution is 2.40. The van der Waals surface area contributed by atoms with Crippen LogP contribution in [0.1, 0.15) is 42.9 Å². The lowest BCUT2D eigenvalue weighted by Crippen LogP contribution is -2.45. The van der Waals surface area contributed by atoms with Gasteiger partial charge in [0.2, 0.25) is 0 Å². The number of benzene rings is 2. The number of anilines is 1. The summed E-state index contributed by atoms with van der Waals surface area (Å²) in [6, 6.07) is 7.37. The Morgan fingerprint density at radius 1 is 1.09 bits per heavy atom. The van der Waals surface area contributed by atoms with Crippen molar-refractivity contribution in [3.8, 4) is 5.75 Å². The van der Waals surface area contributed by atoms with Gasteiger partial charge < -0.3 is 29.9 Å². The molecule has 2 aliphatic rings. The third kappa shape index (κ3) is 7.26. The number of piperidine rings is 1. The van der Waals surface area contributed by atoms with E-state index in [1.54, 1.807) is 13.3 Å². The maximum atomic E-state index is 13.5. The summed E-state index contributed by atoms with van der Waals surface area (Å²) in [6.07, 6.45) is 2.27. The fourth-order valence-electron chi connectivity index (χ4n) is 6.23. The SMILES string of the molecule is COc1ccc2ncc(CN3CCOCC3)c([C@@H](O)CCC3(C(=O)O)CCN(CCNc4cc(F)c(F)c(F)c4)CC3)c2c1. The number of morpholine rings is 1. The lowest BCUT2D eigenvalue weighted by Gasteiger charge is -2.39. The predicted octanol–water partition coefficient (Wildman–Crippen LogP) is 4.59. The summed E-state index contributed by atoms with van der Waals surface area (Å²) in [5.74, 6) is -4.26. The van der Waals surface area contributed by atoms with Crippen molar-refractivity contribution < 1.29 is 37.7 Å². The second-order valence-electron chi connectivity index (χ2n) is 11.6. The minimum atomic E-state index is -1.51. The first kappa shape index (κ1) is 32.0. The number of hydrogen-bond donors (Lipinski definition) is 3. The highest BCUT2D eigenvalue weighted by molar-refractivity contribution is 5.85. The Hall–Kier alpha value is -3.45. The number of aliphatic carboxylic acids is 1. The number of aromatic nitrogens is 1. The molecule has 1 atom stereocenters. The van der Waals surface area contributed by atoms with E-state index in [0.29, 0.717) is 70.9 Å². The fraction of sp³-hybridized carbons (Fsp3) is 0.500. The third-order valence-corrected chi connectivity index (χ3v) is 8.93. The molecule has 238 valence electrons. The zero-order chi connectivity index (χ0) is 31.3. The number of carboxylic acid groups (broad SMARTS) is 1. The molecule has 9 nitrogen and oxygen atoms in total. The number of halogens is 3. The topological polar surface area (TPSA) is 107 Å². The van der Waals surface area contributed by atoms with Crippen LogP contribution in [-0.4, -0.2) is 90.6 Å². The lowest BCUT2D eigenvalue weighted by molar-refractivity contribution is -0.153. The Morgan fingerprint density at radius 3 is 2.45 bits per heavy atom. The van der Waals surface area contributed by atoms with Crippen LogP contribution in [-0.2, 0) is 16.1 Å². The largest absolute Gasteiger partial charge is 0.497 e. The molecule has 2 aliphatic heterocycles. The van der Waals surface area contributed by atoms with E-state index < -0.39 is 34.9 Å². The van der Waals surface area contributed by atoms with Gasteiger partial charge in [0, 0.05) is 62.1 Å². The number of pyridine rings is 1. The number of nitrogens with zero attached hydrogens (tertiary/aromatic N) is 3. The first-order valence-corrected chi connectivity index (χ1v) is 15.0. The van der Waals surface area contributed by atoms with Crippen molar-refractivity contribution in [1.82, 2.24) is 14.8 Å². The number of carboxylic acids is 1. The minimum absolute atomic E-state index is 0.140. The summed E-state index contributed by atoms with van der Waals surface area (Å²) in [5, 5.41) is 25.6. The van der Waals surface area contributed by atoms with Crippen molar-refractivity contribution in [2.75, 3.05) is 64.9 Å². The quantitative estimate of drug-likeness (QED) is 0.252. The standard InChI is InChI=1S/C32H39F3N4O5/c1-43-23-2-3-27-24(18-23)29(21(19-37-27)20-39-12-14-44-15-13-39)28(40)4-5-32(31(41)42)6-9-38(10-7-32)11-8-36-22-16-25(33)30(35)26(34)17-22/h2-3,16-19,28,36,40H,4-15,20H2,1H3,(H,41,42)/t28-/m0/s1. The Bertz CT molecular complexity index is 1440. The molecule has 1 aromatic heterocycles. The van der Waals surface area contributed by atoms with Crippen molar-refractivity contribution in [1.29, 1.82) is 0 Å². The zero-order valence-corrected chi connectivity index (χ0v) is 24.8. The zero-order valence-electron chi connectivity index (χ0n) is 24.8. The van der Waals surface area contributed by atoms with Crippen LogP contribution in [0.2, 0.25) is 0 Å². The van der Waals surface area contributed by atoms with Crippen LogP contribution in [0.25, 0.3) is 10.9 Å². The van der Waals surface area contributed by atoms with Gasteiger partial charge in [0.15, 0.2) is 17.5 Å². The van der Waals surface area contributed by atoms with Crippen LogP contribution in [0.4, 0.5) is 18.9 Å². The van der Waals surface area contributed by atoms with Crippen LogP contribution in [0.15, 0.2) is 36.5 Å². The van der Waals surface area contributed by atoms with E-state index in [4.69, 9.17) is 9.47 Å². The molecule has 3 heterocycles. The molecule has 3 N–H and O–H groups in total. The first-order valence-electron chi connectivity index (χ1n) is 15.0. The normalized spacial score (nSPS) is 18.3. The number of rotatable bonds is 12. The molecule has 0 aliphatic carbocycles. The fourth-order valence-corrected chi connectivity index (χ4v) is 6.23. The van der Waals surface area contributed by atoms with Gasteiger partial charge in [0.25, 0.3) is 0 Å². The minimum Gasteiger partial charge on any atom is -0.497 e. The first-order chi connectivity index (χ1) is 21.2. The summed E-state index contributed by atoms with van der Waals surface area (Å²) in [7, 11) is 1.59. The van der Waals surface area contributed by atoms with Gasteiger partial charge in [0.1, 0.15) is 5.75 Å². The van der Waals surface area contributed by atoms with Crippen LogP contribution in [0.3, 0.4) is 0 Å². The summed E-state index contributed by atoms with van der Waals surface area (Å²) in [6.45, 7) is 5.36. The molecule has 2 fully saturated rings. The maximum absolute atomic E-state index is 13.5. The number of ether oxygens (including phenoxy) is 2. The molecule has 0 amide bonds. The van der Waals surface area contributed by atoms with E-state index >= 15 is 0 Å². The van der Waals surface area contributed by atoms with E-state index in [9.17, 15) is 28.2 Å². The molecule has 0 bridgehead atoms. The van der Waals surface area contributed by atoms with Crippen molar-refractivity contribution in [3.05, 3.63) is 65.1 Å². The molecule has 0 saturated carbocycles. The second-order valence-corrected chi connectivity index (χ2v) is 11.6. The average Bonchev–Trinajstić information content (AvgIpc) is 3.03. The van der Waals surface area contributed by atoms with E-state index in [1.807, 2.05) is 18.2 Å². The molecule has 5 rings (SSSR count). The Kier molecular flexibility index (Phi) is 10.2. The number of carbonyl (C=O) groups is 1. The predicted molar refractivity (Wildman–Crippen MR) is 159 cm³/mol. The van der Waals surface area contributed by atoms with Crippen LogP contribution < -0.4 is 10.1 Å². The Labute approximate surface area is 254 Å². The van der Waals surface area contributed by atoms with Crippen molar-refractivity contribution >= 4 is 22.6 Å². The number of methoxy groups -OCH3 is 1. The van der Waals surface area contributed by atoms with Gasteiger partial charge in [-0.3, -0.25) is 14.7 Å². The lowest BCUT2D eigenvalue weighted by atomic mass is 9.73. The van der Waals surface area contributed by atoms with Gasteiger partial charge >= 0.3 is 5.97 Å². The summed E-state index contributed by atoms with van der Waals surface area (Å²) < 4.78 is 51.2. The van der Waals surface area contributed by atoms with Crippen molar-refractivity contribution in [3.63, 3.8) is 0 Å². The summed E-state index contributed by atoms with van der Waals surface area (Å²) in [5.41, 5.74) is 1.53. The van der Waals surface area contributed by atoms with Crippen LogP contribution in [0, 0.1) is 22.9 Å². The van der Waals surface area contributed by atoms with Gasteiger partial charge in [-0.1, -0.05) is 0 Å². The number of hydrogen-bond acceptors (Lipinski definition) is 8. The van der Waals surface area contributed by atoms with E-state index in [-0.39, 0.29) is 12.1 Å². The second kappa shape index (κ2) is 14.1. The molecule has 0 radical (unpaired) electrons. The molecule has 44 heavy (non-hydrogen) atoms. The molecular weight excluding hydrogens is 577 g/mol. The van der Waals surface area contributed by atoms with Gasteiger partial charge in [-0.15, -0.1) is 0 Å². The highest BCUT2D eigenvalue weighted by Gasteiger charge is 2.41. The maximum Gasteiger partial charge on any atom is 0.309 e.